The molecule has 0 aromatic carbocycles. The van der Waals surface area contributed by atoms with Gasteiger partial charge in [-0.2, -0.15) is 0 Å². The molecular formula is C18H33N3O4. The second kappa shape index (κ2) is 9.08. The van der Waals surface area contributed by atoms with Crippen molar-refractivity contribution in [1.82, 2.24) is 15.3 Å². The Kier molecular flexibility index (Phi) is 7.73. The van der Waals surface area contributed by atoms with Crippen molar-refractivity contribution in [2.75, 3.05) is 20.7 Å². The molecule has 1 rings (SSSR count). The molecule has 1 saturated heterocycles. The predicted octanol–water partition coefficient (Wildman–Crippen LogP) is 2.68. The van der Waals surface area contributed by atoms with E-state index in [1.54, 1.807) is 20.8 Å². The first-order chi connectivity index (χ1) is 11.5. The number of likely N-dealkylation sites (N-methyl/N-ethyl adjacent to an activating group) is 1. The van der Waals surface area contributed by atoms with Gasteiger partial charge in [0.25, 0.3) is 5.91 Å². The number of carbonyl (C=O) groups is 2. The van der Waals surface area contributed by atoms with Crippen LogP contribution >= 0.6 is 0 Å². The number of nitrogens with one attached hydrogen (secondary N) is 1. The highest BCUT2D eigenvalue weighted by Gasteiger charge is 2.32. The van der Waals surface area contributed by atoms with Crippen LogP contribution in [0.4, 0.5) is 4.79 Å². The normalized spacial score (nSPS) is 19.1. The summed E-state index contributed by atoms with van der Waals surface area (Å²) in [5.74, 6) is -0.305. The van der Waals surface area contributed by atoms with E-state index in [1.807, 2.05) is 6.92 Å². The number of piperidine rings is 1. The monoisotopic (exact) mass is 355 g/mol. The molecule has 0 bridgehead atoms. The van der Waals surface area contributed by atoms with Gasteiger partial charge in [-0.15, -0.1) is 0 Å². The molecule has 1 N–H and O–H groups in total. The lowest BCUT2D eigenvalue weighted by Gasteiger charge is -2.39. The van der Waals surface area contributed by atoms with Gasteiger partial charge in [-0.3, -0.25) is 9.63 Å². The Labute approximate surface area is 151 Å². The lowest BCUT2D eigenvalue weighted by Crippen LogP contribution is -2.52. The van der Waals surface area contributed by atoms with Crippen LogP contribution in [0.15, 0.2) is 12.3 Å². The van der Waals surface area contributed by atoms with Crippen molar-refractivity contribution >= 4 is 12.0 Å². The Hall–Kier alpha value is -1.76. The van der Waals surface area contributed by atoms with E-state index in [4.69, 9.17) is 9.57 Å². The van der Waals surface area contributed by atoms with E-state index in [9.17, 15) is 9.59 Å². The van der Waals surface area contributed by atoms with Gasteiger partial charge in [-0.25, -0.2) is 9.86 Å². The minimum absolute atomic E-state index is 0.153. The molecule has 0 aromatic rings. The highest BCUT2D eigenvalue weighted by atomic mass is 16.7. The van der Waals surface area contributed by atoms with Gasteiger partial charge in [0.2, 0.25) is 0 Å². The number of alkyl carbamates (subject to hydrolysis) is 1. The van der Waals surface area contributed by atoms with E-state index in [0.717, 1.165) is 36.6 Å². The minimum Gasteiger partial charge on any atom is -0.444 e. The summed E-state index contributed by atoms with van der Waals surface area (Å²) in [6, 6.07) is -0.565. The lowest BCUT2D eigenvalue weighted by atomic mass is 9.95. The molecule has 1 fully saturated rings. The van der Waals surface area contributed by atoms with Crippen molar-refractivity contribution in [2.45, 2.75) is 71.1 Å². The van der Waals surface area contributed by atoms with Crippen molar-refractivity contribution in [1.29, 1.82) is 0 Å². The van der Waals surface area contributed by atoms with Gasteiger partial charge in [-0.05, 0) is 53.4 Å². The number of allylic oxidation sites excluding steroid dienone is 1. The van der Waals surface area contributed by atoms with E-state index in [2.05, 4.69) is 16.8 Å². The van der Waals surface area contributed by atoms with Crippen LogP contribution < -0.4 is 5.32 Å². The predicted molar refractivity (Wildman–Crippen MR) is 96.7 cm³/mol. The third kappa shape index (κ3) is 6.94. The summed E-state index contributed by atoms with van der Waals surface area (Å²) in [7, 11) is 2.95. The summed E-state index contributed by atoms with van der Waals surface area (Å²) >= 11 is 0. The van der Waals surface area contributed by atoms with Gasteiger partial charge in [0, 0.05) is 25.3 Å². The maximum absolute atomic E-state index is 12.6. The molecule has 1 aliphatic rings. The van der Waals surface area contributed by atoms with Crippen LogP contribution in [0.3, 0.4) is 0 Å². The van der Waals surface area contributed by atoms with E-state index in [-0.39, 0.29) is 11.9 Å². The summed E-state index contributed by atoms with van der Waals surface area (Å²) in [6.07, 6.45) is 3.05. The second-order valence-electron chi connectivity index (χ2n) is 7.53. The third-order valence-electron chi connectivity index (χ3n) is 4.20. The fourth-order valence-corrected chi connectivity index (χ4v) is 3.00. The summed E-state index contributed by atoms with van der Waals surface area (Å²) in [5.41, 5.74) is 0.354. The van der Waals surface area contributed by atoms with Gasteiger partial charge in [0.1, 0.15) is 11.6 Å². The average molecular weight is 355 g/mol. The molecule has 1 unspecified atom stereocenters. The molecule has 25 heavy (non-hydrogen) atoms. The molecule has 2 atom stereocenters. The summed E-state index contributed by atoms with van der Waals surface area (Å²) in [5, 5.41) is 3.84. The number of ether oxygens (including phenoxy) is 1. The molecule has 1 aliphatic heterocycles. The topological polar surface area (TPSA) is 71.1 Å². The van der Waals surface area contributed by atoms with Crippen LogP contribution in [0.2, 0.25) is 0 Å². The first-order valence-electron chi connectivity index (χ1n) is 8.78. The van der Waals surface area contributed by atoms with E-state index in [0.29, 0.717) is 6.42 Å². The molecule has 0 radical (unpaired) electrons. The summed E-state index contributed by atoms with van der Waals surface area (Å²) < 4.78 is 5.30. The number of hydrogen-bond donors (Lipinski definition) is 1. The number of likely N-dealkylation sites (tertiary alicyclic amines) is 1. The Balaban J connectivity index is 2.88. The molecule has 7 nitrogen and oxygen atoms in total. The number of carbonyl (C=O) groups excluding carboxylic acids is 2. The maximum Gasteiger partial charge on any atom is 0.408 e. The number of hydroxylamine groups is 2. The summed E-state index contributed by atoms with van der Waals surface area (Å²) in [4.78, 5) is 32.0. The third-order valence-corrected chi connectivity index (χ3v) is 4.20. The van der Waals surface area contributed by atoms with Crippen molar-refractivity contribution in [2.24, 2.45) is 0 Å². The molecule has 0 aromatic heterocycles. The van der Waals surface area contributed by atoms with Crippen LogP contribution in [0.1, 0.15) is 53.4 Å². The number of amides is 2. The smallest absolute Gasteiger partial charge is 0.408 e. The molecule has 0 aliphatic carbocycles. The fraction of sp³-hybridized carbons (Fsp3) is 0.778. The zero-order valence-electron chi connectivity index (χ0n) is 16.4. The van der Waals surface area contributed by atoms with Crippen LogP contribution in [0.25, 0.3) is 0 Å². The molecule has 0 spiro atoms. The van der Waals surface area contributed by atoms with Gasteiger partial charge >= 0.3 is 6.09 Å². The van der Waals surface area contributed by atoms with Gasteiger partial charge in [0.15, 0.2) is 0 Å². The lowest BCUT2D eigenvalue weighted by molar-refractivity contribution is -0.171. The van der Waals surface area contributed by atoms with Gasteiger partial charge in [0.05, 0.1) is 7.11 Å². The zero-order chi connectivity index (χ0) is 19.2. The first kappa shape index (κ1) is 21.3. The Morgan fingerprint density at radius 1 is 1.36 bits per heavy atom. The van der Waals surface area contributed by atoms with E-state index >= 15 is 0 Å². The SMILES string of the molecule is C=C(C)N1CCCCC1C[C@H](NC(=O)OC(C)(C)C)C(=O)N(C)OC. The molecular weight excluding hydrogens is 322 g/mol. The Morgan fingerprint density at radius 2 is 2.00 bits per heavy atom. The number of rotatable bonds is 6. The van der Waals surface area contributed by atoms with Crippen molar-refractivity contribution < 1.29 is 19.2 Å². The highest BCUT2D eigenvalue weighted by molar-refractivity contribution is 5.85. The molecule has 144 valence electrons. The standard InChI is InChI=1S/C18H33N3O4/c1-13(2)21-11-9-8-10-14(21)12-15(16(22)20(6)24-7)19-17(23)25-18(3,4)5/h14-15H,1,8-12H2,2-7H3,(H,19,23)/t14?,15-/m0/s1. The number of hydrogen-bond acceptors (Lipinski definition) is 5. The van der Waals surface area contributed by atoms with E-state index < -0.39 is 17.7 Å². The average Bonchev–Trinajstić information content (AvgIpc) is 2.51. The van der Waals surface area contributed by atoms with Crippen molar-refractivity contribution in [3.05, 3.63) is 12.3 Å². The molecule has 7 heteroatoms. The quantitative estimate of drug-likeness (QED) is 0.742. The van der Waals surface area contributed by atoms with Crippen LogP contribution in [0.5, 0.6) is 0 Å². The Morgan fingerprint density at radius 3 is 2.52 bits per heavy atom. The van der Waals surface area contributed by atoms with Crippen molar-refractivity contribution in [3.63, 3.8) is 0 Å². The summed E-state index contributed by atoms with van der Waals surface area (Å²) in [6.45, 7) is 12.3. The molecule has 1 heterocycles. The Bertz CT molecular complexity index is 487. The second-order valence-corrected chi connectivity index (χ2v) is 7.53. The highest BCUT2D eigenvalue weighted by Crippen LogP contribution is 2.24. The fourth-order valence-electron chi connectivity index (χ4n) is 3.00. The maximum atomic E-state index is 12.6. The van der Waals surface area contributed by atoms with Crippen molar-refractivity contribution in [3.8, 4) is 0 Å². The number of nitrogens with zero attached hydrogens (tertiary/aromatic N) is 2. The van der Waals surface area contributed by atoms with E-state index in [1.165, 1.54) is 14.2 Å². The van der Waals surface area contributed by atoms with Gasteiger partial charge < -0.3 is 15.0 Å². The minimum atomic E-state index is -0.718. The first-order valence-corrected chi connectivity index (χ1v) is 8.78. The van der Waals surface area contributed by atoms with Crippen LogP contribution in [-0.4, -0.2) is 60.4 Å². The van der Waals surface area contributed by atoms with Crippen LogP contribution in [-0.2, 0) is 14.4 Å². The zero-order valence-corrected chi connectivity index (χ0v) is 16.4. The molecule has 2 amide bonds. The largest absolute Gasteiger partial charge is 0.444 e. The molecule has 0 saturated carbocycles. The van der Waals surface area contributed by atoms with Crippen LogP contribution in [0, 0.1) is 0 Å². The van der Waals surface area contributed by atoms with Gasteiger partial charge in [-0.1, -0.05) is 6.58 Å².